The van der Waals surface area contributed by atoms with E-state index < -0.39 is 15.9 Å². The second kappa shape index (κ2) is 6.91. The van der Waals surface area contributed by atoms with Crippen molar-refractivity contribution in [3.63, 3.8) is 0 Å². The molecule has 9 heteroatoms. The topological polar surface area (TPSA) is 101 Å². The third-order valence-corrected chi connectivity index (χ3v) is 4.36. The van der Waals surface area contributed by atoms with Crippen LogP contribution in [0.4, 0.5) is 0 Å². The van der Waals surface area contributed by atoms with Gasteiger partial charge in [0.2, 0.25) is 10.0 Å². The average molecular weight is 344 g/mol. The number of aromatic nitrogens is 1. The normalized spacial score (nSPS) is 11.4. The van der Waals surface area contributed by atoms with Crippen LogP contribution in [0, 0.1) is 6.92 Å². The Kier molecular flexibility index (Phi) is 5.17. The van der Waals surface area contributed by atoms with Gasteiger partial charge in [-0.1, -0.05) is 22.8 Å². The van der Waals surface area contributed by atoms with Crippen molar-refractivity contribution in [3.8, 4) is 0 Å². The number of carbonyl (C=O) groups is 1. The minimum atomic E-state index is -3.66. The minimum absolute atomic E-state index is 0.0391. The van der Waals surface area contributed by atoms with Crippen LogP contribution in [0.5, 0.6) is 0 Å². The first kappa shape index (κ1) is 16.5. The van der Waals surface area contributed by atoms with Gasteiger partial charge in [-0.3, -0.25) is 4.79 Å². The van der Waals surface area contributed by atoms with Gasteiger partial charge in [0.05, 0.1) is 4.90 Å². The van der Waals surface area contributed by atoms with Gasteiger partial charge in [0, 0.05) is 24.2 Å². The monoisotopic (exact) mass is 343 g/mol. The van der Waals surface area contributed by atoms with E-state index in [2.05, 4.69) is 15.2 Å². The summed E-state index contributed by atoms with van der Waals surface area (Å²) in [5, 5.41) is 6.42. The van der Waals surface area contributed by atoms with Gasteiger partial charge in [0.25, 0.3) is 5.91 Å². The third kappa shape index (κ3) is 4.30. The molecule has 2 N–H and O–H groups in total. The lowest BCUT2D eigenvalue weighted by Gasteiger charge is -2.07. The highest BCUT2D eigenvalue weighted by atomic mass is 35.5. The number of aryl methyl sites for hydroxylation is 1. The molecule has 0 aliphatic rings. The lowest BCUT2D eigenvalue weighted by molar-refractivity contribution is 0.0945. The molecule has 22 heavy (non-hydrogen) atoms. The van der Waals surface area contributed by atoms with Crippen LogP contribution in [0.15, 0.2) is 39.8 Å². The van der Waals surface area contributed by atoms with Crippen LogP contribution in [0.2, 0.25) is 5.02 Å². The van der Waals surface area contributed by atoms with Crippen LogP contribution in [-0.4, -0.2) is 32.6 Å². The van der Waals surface area contributed by atoms with Crippen molar-refractivity contribution in [3.05, 3.63) is 46.8 Å². The first-order valence-corrected chi connectivity index (χ1v) is 8.21. The SMILES string of the molecule is Cc1cc(C(=O)NCCNS(=O)(=O)c2cccc(Cl)c2)no1. The number of benzene rings is 1. The number of hydrogen-bond donors (Lipinski definition) is 2. The Morgan fingerprint density at radius 2 is 2.09 bits per heavy atom. The van der Waals surface area contributed by atoms with E-state index in [1.165, 1.54) is 18.2 Å². The molecule has 0 radical (unpaired) electrons. The minimum Gasteiger partial charge on any atom is -0.361 e. The van der Waals surface area contributed by atoms with E-state index in [0.717, 1.165) is 0 Å². The van der Waals surface area contributed by atoms with Crippen LogP contribution in [0.25, 0.3) is 0 Å². The Morgan fingerprint density at radius 1 is 1.32 bits per heavy atom. The standard InChI is InChI=1S/C13H14ClN3O4S/c1-9-7-12(17-21-9)13(18)15-5-6-16-22(19,20)11-4-2-3-10(14)8-11/h2-4,7-8,16H,5-6H2,1H3,(H,15,18). The summed E-state index contributed by atoms with van der Waals surface area (Å²) in [5.74, 6) is 0.0885. The van der Waals surface area contributed by atoms with Crippen molar-refractivity contribution in [1.82, 2.24) is 15.2 Å². The molecule has 0 aliphatic carbocycles. The highest BCUT2D eigenvalue weighted by Gasteiger charge is 2.14. The molecule has 1 amide bonds. The van der Waals surface area contributed by atoms with Gasteiger partial charge in [0.1, 0.15) is 5.76 Å². The zero-order chi connectivity index (χ0) is 16.2. The quantitative estimate of drug-likeness (QED) is 0.771. The Hall–Kier alpha value is -1.90. The van der Waals surface area contributed by atoms with Crippen molar-refractivity contribution in [2.24, 2.45) is 0 Å². The van der Waals surface area contributed by atoms with Gasteiger partial charge in [-0.25, -0.2) is 13.1 Å². The molecule has 1 heterocycles. The molecular formula is C13H14ClN3O4S. The maximum atomic E-state index is 12.0. The number of nitrogens with one attached hydrogen (secondary N) is 2. The second-order valence-corrected chi connectivity index (χ2v) is 6.64. The van der Waals surface area contributed by atoms with Crippen LogP contribution in [0.1, 0.15) is 16.2 Å². The number of halogens is 1. The Morgan fingerprint density at radius 3 is 2.73 bits per heavy atom. The Bertz CT molecular complexity index is 773. The summed E-state index contributed by atoms with van der Waals surface area (Å²) < 4.78 is 31.1. The van der Waals surface area contributed by atoms with Gasteiger partial charge in [-0.15, -0.1) is 0 Å². The molecule has 1 aromatic heterocycles. The van der Waals surface area contributed by atoms with E-state index in [-0.39, 0.29) is 23.7 Å². The van der Waals surface area contributed by atoms with E-state index in [1.54, 1.807) is 19.1 Å². The largest absolute Gasteiger partial charge is 0.361 e. The van der Waals surface area contributed by atoms with Crippen LogP contribution in [-0.2, 0) is 10.0 Å². The molecule has 0 unspecified atom stereocenters. The maximum absolute atomic E-state index is 12.0. The predicted octanol–water partition coefficient (Wildman–Crippen LogP) is 1.34. The van der Waals surface area contributed by atoms with E-state index in [1.807, 2.05) is 0 Å². The molecular weight excluding hydrogens is 330 g/mol. The van der Waals surface area contributed by atoms with E-state index in [9.17, 15) is 13.2 Å². The zero-order valence-corrected chi connectivity index (χ0v) is 13.2. The molecule has 0 saturated heterocycles. The Balaban J connectivity index is 1.84. The highest BCUT2D eigenvalue weighted by Crippen LogP contribution is 2.14. The summed E-state index contributed by atoms with van der Waals surface area (Å²) in [6.45, 7) is 1.82. The van der Waals surface area contributed by atoms with Crippen molar-refractivity contribution >= 4 is 27.5 Å². The molecule has 0 atom stereocenters. The smallest absolute Gasteiger partial charge is 0.273 e. The fraction of sp³-hybridized carbons (Fsp3) is 0.231. The van der Waals surface area contributed by atoms with Crippen LogP contribution >= 0.6 is 11.6 Å². The van der Waals surface area contributed by atoms with Gasteiger partial charge in [-0.2, -0.15) is 0 Å². The lowest BCUT2D eigenvalue weighted by atomic mass is 10.3. The van der Waals surface area contributed by atoms with E-state index in [4.69, 9.17) is 16.1 Å². The van der Waals surface area contributed by atoms with Crippen molar-refractivity contribution in [2.75, 3.05) is 13.1 Å². The van der Waals surface area contributed by atoms with Crippen molar-refractivity contribution in [1.29, 1.82) is 0 Å². The summed E-state index contributed by atoms with van der Waals surface area (Å²) in [7, 11) is -3.66. The average Bonchev–Trinajstić information content (AvgIpc) is 2.90. The first-order valence-electron chi connectivity index (χ1n) is 6.35. The van der Waals surface area contributed by atoms with Crippen molar-refractivity contribution in [2.45, 2.75) is 11.8 Å². The molecule has 0 bridgehead atoms. The summed E-state index contributed by atoms with van der Waals surface area (Å²) >= 11 is 5.76. The van der Waals surface area contributed by atoms with Crippen LogP contribution in [0.3, 0.4) is 0 Å². The molecule has 2 rings (SSSR count). The van der Waals surface area contributed by atoms with Gasteiger partial charge >= 0.3 is 0 Å². The zero-order valence-electron chi connectivity index (χ0n) is 11.7. The fourth-order valence-electron chi connectivity index (χ4n) is 1.64. The van der Waals surface area contributed by atoms with Crippen LogP contribution < -0.4 is 10.0 Å². The summed E-state index contributed by atoms with van der Waals surface area (Å²) in [6.07, 6.45) is 0. The first-order chi connectivity index (χ1) is 10.4. The molecule has 0 aliphatic heterocycles. The van der Waals surface area contributed by atoms with Crippen molar-refractivity contribution < 1.29 is 17.7 Å². The molecule has 0 fully saturated rings. The van der Waals surface area contributed by atoms with Gasteiger partial charge in [0.15, 0.2) is 5.69 Å². The maximum Gasteiger partial charge on any atom is 0.273 e. The fourth-order valence-corrected chi connectivity index (χ4v) is 2.98. The van der Waals surface area contributed by atoms with Gasteiger partial charge in [-0.05, 0) is 25.1 Å². The summed E-state index contributed by atoms with van der Waals surface area (Å²) in [4.78, 5) is 11.7. The number of nitrogens with zero attached hydrogens (tertiary/aromatic N) is 1. The second-order valence-electron chi connectivity index (χ2n) is 4.43. The number of sulfonamides is 1. The molecule has 1 aromatic carbocycles. The van der Waals surface area contributed by atoms with E-state index >= 15 is 0 Å². The molecule has 118 valence electrons. The van der Waals surface area contributed by atoms with E-state index in [0.29, 0.717) is 10.8 Å². The number of carbonyl (C=O) groups excluding carboxylic acids is 1. The number of rotatable bonds is 6. The molecule has 0 spiro atoms. The summed E-state index contributed by atoms with van der Waals surface area (Å²) in [5.41, 5.74) is 0.148. The predicted molar refractivity (Wildman–Crippen MR) is 80.2 cm³/mol. The highest BCUT2D eigenvalue weighted by molar-refractivity contribution is 7.89. The lowest BCUT2D eigenvalue weighted by Crippen LogP contribution is -2.34. The number of amides is 1. The molecule has 7 nitrogen and oxygen atoms in total. The molecule has 2 aromatic rings. The molecule has 0 saturated carbocycles. The summed E-state index contributed by atoms with van der Waals surface area (Å²) in [6, 6.07) is 7.41. The van der Waals surface area contributed by atoms with Gasteiger partial charge < -0.3 is 9.84 Å². The Labute approximate surface area is 132 Å². The number of hydrogen-bond acceptors (Lipinski definition) is 5. The third-order valence-electron chi connectivity index (χ3n) is 2.67.